The van der Waals surface area contributed by atoms with Gasteiger partial charge in [0.2, 0.25) is 5.56 Å². The summed E-state index contributed by atoms with van der Waals surface area (Å²) < 4.78 is 27.5. The molecule has 1 amide bonds. The number of aromatic nitrogens is 1. The molecule has 0 spiro atoms. The summed E-state index contributed by atoms with van der Waals surface area (Å²) >= 11 is 0. The van der Waals surface area contributed by atoms with Crippen LogP contribution in [-0.2, 0) is 5.41 Å². The smallest absolute Gasteiger partial charge is 0.261 e. The van der Waals surface area contributed by atoms with Gasteiger partial charge in [0, 0.05) is 17.1 Å². The highest BCUT2D eigenvalue weighted by Gasteiger charge is 2.20. The minimum Gasteiger partial charge on any atom is -0.322 e. The molecule has 134 valence electrons. The van der Waals surface area contributed by atoms with Crippen LogP contribution in [-0.4, -0.2) is 10.9 Å². The van der Waals surface area contributed by atoms with E-state index in [0.717, 1.165) is 23.1 Å². The van der Waals surface area contributed by atoms with Crippen molar-refractivity contribution in [2.24, 2.45) is 0 Å². The van der Waals surface area contributed by atoms with Crippen LogP contribution in [0.2, 0.25) is 0 Å². The Kier molecular flexibility index (Phi) is 4.36. The molecule has 0 fully saturated rings. The van der Waals surface area contributed by atoms with Crippen molar-refractivity contribution in [3.8, 4) is 0 Å². The van der Waals surface area contributed by atoms with E-state index in [2.05, 4.69) is 10.3 Å². The Bertz CT molecular complexity index is 1050. The van der Waals surface area contributed by atoms with Crippen molar-refractivity contribution in [2.75, 3.05) is 5.32 Å². The van der Waals surface area contributed by atoms with Gasteiger partial charge in [0.25, 0.3) is 5.91 Å². The van der Waals surface area contributed by atoms with Crippen molar-refractivity contribution in [3.63, 3.8) is 0 Å². The summed E-state index contributed by atoms with van der Waals surface area (Å²) in [6.45, 7) is 5.99. The monoisotopic (exact) mass is 356 g/mol. The van der Waals surface area contributed by atoms with E-state index < -0.39 is 23.1 Å². The van der Waals surface area contributed by atoms with E-state index in [4.69, 9.17) is 0 Å². The fourth-order valence-electron chi connectivity index (χ4n) is 2.87. The number of benzene rings is 2. The molecule has 4 nitrogen and oxygen atoms in total. The second kappa shape index (κ2) is 6.37. The minimum absolute atomic E-state index is 0.242. The Labute approximate surface area is 148 Å². The van der Waals surface area contributed by atoms with Gasteiger partial charge in [-0.2, -0.15) is 0 Å². The lowest BCUT2D eigenvalue weighted by Gasteiger charge is -2.21. The Morgan fingerprint density at radius 1 is 1.04 bits per heavy atom. The molecule has 1 aromatic heterocycles. The summed E-state index contributed by atoms with van der Waals surface area (Å²) in [5, 5.41) is 3.31. The van der Waals surface area contributed by atoms with Gasteiger partial charge < -0.3 is 10.3 Å². The molecule has 0 aliphatic rings. The molecular formula is C20H18F2N2O2. The average Bonchev–Trinajstić information content (AvgIpc) is 2.52. The summed E-state index contributed by atoms with van der Waals surface area (Å²) in [4.78, 5) is 26.9. The van der Waals surface area contributed by atoms with Crippen LogP contribution in [0, 0.1) is 11.6 Å². The molecule has 2 N–H and O–H groups in total. The van der Waals surface area contributed by atoms with Crippen molar-refractivity contribution in [1.29, 1.82) is 0 Å². The molecule has 3 aromatic rings. The van der Waals surface area contributed by atoms with Gasteiger partial charge in [-0.05, 0) is 35.2 Å². The second-order valence-electron chi connectivity index (χ2n) is 7.11. The van der Waals surface area contributed by atoms with E-state index >= 15 is 0 Å². The minimum atomic E-state index is -0.938. The van der Waals surface area contributed by atoms with Gasteiger partial charge in [0.05, 0.1) is 5.52 Å². The number of pyridine rings is 1. The molecule has 1 heterocycles. The van der Waals surface area contributed by atoms with Gasteiger partial charge in [0.1, 0.15) is 17.2 Å². The largest absolute Gasteiger partial charge is 0.322 e. The first kappa shape index (κ1) is 17.8. The lowest BCUT2D eigenvalue weighted by molar-refractivity contribution is 0.101. The lowest BCUT2D eigenvalue weighted by atomic mass is 9.85. The van der Waals surface area contributed by atoms with Crippen molar-refractivity contribution in [1.82, 2.24) is 4.98 Å². The number of aromatic amines is 1. The molecule has 6 heteroatoms. The topological polar surface area (TPSA) is 62.0 Å². The highest BCUT2D eigenvalue weighted by atomic mass is 19.1. The zero-order valence-corrected chi connectivity index (χ0v) is 14.6. The van der Waals surface area contributed by atoms with Gasteiger partial charge in [-0.3, -0.25) is 9.59 Å². The zero-order valence-electron chi connectivity index (χ0n) is 14.6. The molecule has 0 atom stereocenters. The zero-order chi connectivity index (χ0) is 19.1. The van der Waals surface area contributed by atoms with Gasteiger partial charge >= 0.3 is 0 Å². The highest BCUT2D eigenvalue weighted by molar-refractivity contribution is 6.05. The van der Waals surface area contributed by atoms with Crippen molar-refractivity contribution in [3.05, 3.63) is 75.6 Å². The van der Waals surface area contributed by atoms with Crippen molar-refractivity contribution in [2.45, 2.75) is 26.2 Å². The maximum atomic E-state index is 13.7. The molecule has 0 aliphatic carbocycles. The first-order valence-corrected chi connectivity index (χ1v) is 8.10. The number of anilines is 1. The van der Waals surface area contributed by atoms with Crippen LogP contribution in [0.25, 0.3) is 10.9 Å². The van der Waals surface area contributed by atoms with E-state index in [0.29, 0.717) is 11.2 Å². The van der Waals surface area contributed by atoms with Crippen molar-refractivity contribution < 1.29 is 13.6 Å². The number of nitrogens with one attached hydrogen (secondary N) is 2. The Balaban J connectivity index is 2.03. The Hall–Kier alpha value is -3.02. The number of hydrogen-bond acceptors (Lipinski definition) is 2. The summed E-state index contributed by atoms with van der Waals surface area (Å²) in [5.41, 5.74) is 0.582. The molecule has 0 unspecified atom stereocenters. The van der Waals surface area contributed by atoms with Crippen LogP contribution in [0.4, 0.5) is 14.5 Å². The van der Waals surface area contributed by atoms with E-state index in [1.165, 1.54) is 6.07 Å². The molecule has 0 bridgehead atoms. The number of amides is 1. The Morgan fingerprint density at radius 3 is 2.31 bits per heavy atom. The summed E-state index contributed by atoms with van der Waals surface area (Å²) in [7, 11) is 0. The standard InChI is InChI=1S/C20H18F2N2O2/c1-20(2,3)13-10-17(25)24-16-9-11(7-8-12(13)16)23-19(26)18-14(21)5-4-6-15(18)22/h4-10H,1-3H3,(H,23,26)(H,24,25). The SMILES string of the molecule is CC(C)(C)c1cc(=O)[nH]c2cc(NC(=O)c3c(F)cccc3F)ccc12. The summed E-state index contributed by atoms with van der Waals surface area (Å²) in [6.07, 6.45) is 0. The van der Waals surface area contributed by atoms with Crippen LogP contribution < -0.4 is 10.9 Å². The van der Waals surface area contributed by atoms with Crippen molar-refractivity contribution >= 4 is 22.5 Å². The molecule has 3 rings (SSSR count). The number of rotatable bonds is 2. The predicted molar refractivity (Wildman–Crippen MR) is 97.6 cm³/mol. The fraction of sp³-hybridized carbons (Fsp3) is 0.200. The van der Waals surface area contributed by atoms with E-state index in [1.807, 2.05) is 20.8 Å². The quantitative estimate of drug-likeness (QED) is 0.717. The fourth-order valence-corrected chi connectivity index (χ4v) is 2.87. The molecule has 26 heavy (non-hydrogen) atoms. The third kappa shape index (κ3) is 3.35. The van der Waals surface area contributed by atoms with E-state index in [1.54, 1.807) is 24.3 Å². The molecule has 0 saturated heterocycles. The normalized spacial score (nSPS) is 11.6. The second-order valence-corrected chi connectivity index (χ2v) is 7.11. The third-order valence-corrected chi connectivity index (χ3v) is 4.10. The molecule has 0 radical (unpaired) electrons. The van der Waals surface area contributed by atoms with Crippen LogP contribution in [0.3, 0.4) is 0 Å². The van der Waals surface area contributed by atoms with Gasteiger partial charge in [-0.1, -0.05) is 32.9 Å². The van der Waals surface area contributed by atoms with E-state index in [9.17, 15) is 18.4 Å². The lowest BCUT2D eigenvalue weighted by Crippen LogP contribution is -2.18. The number of hydrogen-bond donors (Lipinski definition) is 2. The predicted octanol–water partition coefficient (Wildman–Crippen LogP) is 4.36. The van der Waals surface area contributed by atoms with Crippen LogP contribution in [0.1, 0.15) is 36.7 Å². The first-order chi connectivity index (χ1) is 12.2. The number of halogens is 2. The molecule has 0 aliphatic heterocycles. The summed E-state index contributed by atoms with van der Waals surface area (Å²) in [5.74, 6) is -2.77. The average molecular weight is 356 g/mol. The number of fused-ring (bicyclic) bond motifs is 1. The summed E-state index contributed by atoms with van der Waals surface area (Å²) in [6, 6.07) is 9.75. The maximum absolute atomic E-state index is 13.7. The van der Waals surface area contributed by atoms with Gasteiger partial charge in [-0.15, -0.1) is 0 Å². The number of H-pyrrole nitrogens is 1. The van der Waals surface area contributed by atoms with Crippen LogP contribution in [0.5, 0.6) is 0 Å². The number of carbonyl (C=O) groups excluding carboxylic acids is 1. The van der Waals surface area contributed by atoms with E-state index in [-0.39, 0.29) is 11.0 Å². The highest BCUT2D eigenvalue weighted by Crippen LogP contribution is 2.29. The van der Waals surface area contributed by atoms with Crippen LogP contribution >= 0.6 is 0 Å². The van der Waals surface area contributed by atoms with Gasteiger partial charge in [-0.25, -0.2) is 8.78 Å². The van der Waals surface area contributed by atoms with Crippen LogP contribution in [0.15, 0.2) is 47.3 Å². The number of carbonyl (C=O) groups is 1. The first-order valence-electron chi connectivity index (χ1n) is 8.10. The Morgan fingerprint density at radius 2 is 1.69 bits per heavy atom. The third-order valence-electron chi connectivity index (χ3n) is 4.10. The molecule has 2 aromatic carbocycles. The van der Waals surface area contributed by atoms with Gasteiger partial charge in [0.15, 0.2) is 0 Å². The molecular weight excluding hydrogens is 338 g/mol. The maximum Gasteiger partial charge on any atom is 0.261 e. The molecule has 0 saturated carbocycles.